The molecule has 1 fully saturated rings. The van der Waals surface area contributed by atoms with Gasteiger partial charge in [-0.3, -0.25) is 4.79 Å². The van der Waals surface area contributed by atoms with Crippen molar-refractivity contribution >= 4 is 5.91 Å². The number of amides is 1. The van der Waals surface area contributed by atoms with Gasteiger partial charge < -0.3 is 15.6 Å². The minimum Gasteiger partial charge on any atom is -0.491 e. The molecule has 134 valence electrons. The number of hydrogen-bond donors (Lipinski definition) is 2. The maximum atomic E-state index is 13.8. The first-order valence-electron chi connectivity index (χ1n) is 8.52. The van der Waals surface area contributed by atoms with Gasteiger partial charge in [0, 0.05) is 17.7 Å². The van der Waals surface area contributed by atoms with Crippen LogP contribution < -0.4 is 10.5 Å². The molecule has 2 atom stereocenters. The molecule has 2 aliphatic rings. The molecule has 2 unspecified atom stereocenters. The highest BCUT2D eigenvalue weighted by molar-refractivity contribution is 5.91. The first-order valence-corrected chi connectivity index (χ1v) is 8.52. The van der Waals surface area contributed by atoms with Crippen LogP contribution in [0.4, 0.5) is 4.39 Å². The Bertz CT molecular complexity index is 943. The van der Waals surface area contributed by atoms with Gasteiger partial charge in [-0.15, -0.1) is 0 Å². The quantitative estimate of drug-likeness (QED) is 0.759. The number of hydrogen-bond acceptors (Lipinski definition) is 4. The average Bonchev–Trinajstić information content (AvgIpc) is 3.14. The summed E-state index contributed by atoms with van der Waals surface area (Å²) in [7, 11) is 0. The number of primary amides is 1. The van der Waals surface area contributed by atoms with Gasteiger partial charge in [0.1, 0.15) is 17.6 Å². The van der Waals surface area contributed by atoms with E-state index in [1.165, 1.54) is 0 Å². The Morgan fingerprint density at radius 3 is 3.04 bits per heavy atom. The maximum absolute atomic E-state index is 13.8. The van der Waals surface area contributed by atoms with Gasteiger partial charge in [0.15, 0.2) is 11.3 Å². The van der Waals surface area contributed by atoms with Crippen molar-refractivity contribution in [3.05, 3.63) is 41.2 Å². The van der Waals surface area contributed by atoms with E-state index < -0.39 is 17.7 Å². The van der Waals surface area contributed by atoms with Crippen molar-refractivity contribution in [1.29, 1.82) is 0 Å². The molecule has 1 aromatic carbocycles. The number of fused-ring (bicyclic) bond motifs is 3. The predicted octanol–water partition coefficient (Wildman–Crippen LogP) is 1.51. The molecular weight excluding hydrogens is 337 g/mol. The number of ether oxygens (including phenoxy) is 1. The van der Waals surface area contributed by atoms with Gasteiger partial charge in [0.25, 0.3) is 5.91 Å². The number of carbonyl (C=O) groups is 1. The van der Waals surface area contributed by atoms with Gasteiger partial charge in [-0.05, 0) is 43.5 Å². The molecule has 1 aliphatic carbocycles. The zero-order valence-electron chi connectivity index (χ0n) is 14.0. The number of aliphatic hydroxyl groups is 1. The summed E-state index contributed by atoms with van der Waals surface area (Å²) in [6.07, 6.45) is 0.543. The van der Waals surface area contributed by atoms with Crippen LogP contribution in [0.15, 0.2) is 24.3 Å². The SMILES string of the molecule is NC(=O)c1cc2n(n1)-c1cc(C#CC3(O)CCCC3F)ccc1OCC2. The Morgan fingerprint density at radius 2 is 2.31 bits per heavy atom. The second kappa shape index (κ2) is 6.15. The molecule has 0 radical (unpaired) electrons. The molecule has 3 N–H and O–H groups in total. The van der Waals surface area contributed by atoms with Crippen LogP contribution in [0.1, 0.15) is 41.0 Å². The summed E-state index contributed by atoms with van der Waals surface area (Å²) < 4.78 is 21.2. The van der Waals surface area contributed by atoms with Gasteiger partial charge in [-0.25, -0.2) is 9.07 Å². The van der Waals surface area contributed by atoms with Crippen LogP contribution in [0.5, 0.6) is 5.75 Å². The van der Waals surface area contributed by atoms with E-state index >= 15 is 0 Å². The summed E-state index contributed by atoms with van der Waals surface area (Å²) in [5.74, 6) is 5.55. The molecule has 2 aromatic rings. The minimum absolute atomic E-state index is 0.185. The lowest BCUT2D eigenvalue weighted by atomic mass is 10.0. The summed E-state index contributed by atoms with van der Waals surface area (Å²) in [5.41, 5.74) is 5.97. The van der Waals surface area contributed by atoms with E-state index in [4.69, 9.17) is 10.5 Å². The highest BCUT2D eigenvalue weighted by atomic mass is 19.1. The van der Waals surface area contributed by atoms with Crippen molar-refractivity contribution in [3.8, 4) is 23.3 Å². The molecule has 1 amide bonds. The van der Waals surface area contributed by atoms with Crippen LogP contribution in [0.3, 0.4) is 0 Å². The van der Waals surface area contributed by atoms with Gasteiger partial charge in [-0.2, -0.15) is 5.10 Å². The van der Waals surface area contributed by atoms with Crippen LogP contribution in [0.25, 0.3) is 5.69 Å². The Kier molecular flexibility index (Phi) is 3.93. The smallest absolute Gasteiger partial charge is 0.269 e. The van der Waals surface area contributed by atoms with E-state index in [1.807, 2.05) is 0 Å². The Labute approximate surface area is 149 Å². The molecule has 4 rings (SSSR count). The van der Waals surface area contributed by atoms with E-state index in [1.54, 1.807) is 28.9 Å². The summed E-state index contributed by atoms with van der Waals surface area (Å²) in [6.45, 7) is 0.450. The third kappa shape index (κ3) is 2.82. The van der Waals surface area contributed by atoms with E-state index in [2.05, 4.69) is 16.9 Å². The molecule has 7 heteroatoms. The number of alkyl halides is 1. The summed E-state index contributed by atoms with van der Waals surface area (Å²) in [4.78, 5) is 11.4. The monoisotopic (exact) mass is 355 g/mol. The fraction of sp³-hybridized carbons (Fsp3) is 0.368. The third-order valence-corrected chi connectivity index (χ3v) is 4.80. The maximum Gasteiger partial charge on any atom is 0.269 e. The number of nitrogens with zero attached hydrogens (tertiary/aromatic N) is 2. The average molecular weight is 355 g/mol. The lowest BCUT2D eigenvalue weighted by Crippen LogP contribution is -2.32. The van der Waals surface area contributed by atoms with Crippen molar-refractivity contribution in [2.24, 2.45) is 5.73 Å². The molecule has 0 saturated heterocycles. The second-order valence-electron chi connectivity index (χ2n) is 6.61. The van der Waals surface area contributed by atoms with E-state index in [-0.39, 0.29) is 5.69 Å². The summed E-state index contributed by atoms with van der Waals surface area (Å²) in [6, 6.07) is 6.90. The Balaban J connectivity index is 1.74. The summed E-state index contributed by atoms with van der Waals surface area (Å²) in [5, 5.41) is 14.5. The number of halogens is 1. The zero-order valence-corrected chi connectivity index (χ0v) is 14.0. The fourth-order valence-electron chi connectivity index (χ4n) is 3.34. The molecule has 26 heavy (non-hydrogen) atoms. The largest absolute Gasteiger partial charge is 0.491 e. The van der Waals surface area contributed by atoms with Crippen molar-refractivity contribution in [1.82, 2.24) is 9.78 Å². The van der Waals surface area contributed by atoms with Gasteiger partial charge in [-0.1, -0.05) is 11.8 Å². The highest BCUT2D eigenvalue weighted by Crippen LogP contribution is 2.32. The molecule has 1 aromatic heterocycles. The van der Waals surface area contributed by atoms with Gasteiger partial charge in [0.2, 0.25) is 0 Å². The Morgan fingerprint density at radius 1 is 1.46 bits per heavy atom. The lowest BCUT2D eigenvalue weighted by Gasteiger charge is -2.17. The second-order valence-corrected chi connectivity index (χ2v) is 6.61. The van der Waals surface area contributed by atoms with Crippen LogP contribution in [0, 0.1) is 11.8 Å². The topological polar surface area (TPSA) is 90.4 Å². The highest BCUT2D eigenvalue weighted by Gasteiger charge is 2.40. The van der Waals surface area contributed by atoms with Crippen LogP contribution >= 0.6 is 0 Å². The lowest BCUT2D eigenvalue weighted by molar-refractivity contribution is 0.0393. The van der Waals surface area contributed by atoms with Gasteiger partial charge >= 0.3 is 0 Å². The molecule has 0 bridgehead atoms. The molecular formula is C19H18FN3O3. The van der Waals surface area contributed by atoms with E-state index in [0.29, 0.717) is 49.3 Å². The van der Waals surface area contributed by atoms with Crippen molar-refractivity contribution < 1.29 is 19.0 Å². The number of aromatic nitrogens is 2. The first-order chi connectivity index (χ1) is 12.5. The standard InChI is InChI=1S/C19H18FN3O3/c20-17-2-1-7-19(17,25)8-5-12-3-4-16-15(10-12)23-13(6-9-26-16)11-14(22-23)18(21)24/h3-4,10-11,17,25H,1-2,6-7,9H2,(H2,21,24). The normalized spacial score (nSPS) is 23.8. The molecule has 6 nitrogen and oxygen atoms in total. The zero-order chi connectivity index (χ0) is 18.3. The fourth-order valence-corrected chi connectivity index (χ4v) is 3.34. The number of benzene rings is 1. The van der Waals surface area contributed by atoms with Crippen LogP contribution in [-0.4, -0.2) is 39.2 Å². The van der Waals surface area contributed by atoms with Crippen LogP contribution in [-0.2, 0) is 6.42 Å². The van der Waals surface area contributed by atoms with Crippen LogP contribution in [0.2, 0.25) is 0 Å². The van der Waals surface area contributed by atoms with E-state index in [9.17, 15) is 14.3 Å². The first kappa shape index (κ1) is 16.6. The molecule has 0 spiro atoms. The number of carbonyl (C=O) groups excluding carboxylic acids is 1. The van der Waals surface area contributed by atoms with Crippen molar-refractivity contribution in [2.45, 2.75) is 37.5 Å². The molecule has 1 saturated carbocycles. The predicted molar refractivity (Wildman–Crippen MR) is 91.9 cm³/mol. The molecule has 2 heterocycles. The summed E-state index contributed by atoms with van der Waals surface area (Å²) >= 11 is 0. The van der Waals surface area contributed by atoms with E-state index in [0.717, 1.165) is 5.69 Å². The number of rotatable bonds is 1. The van der Waals surface area contributed by atoms with Gasteiger partial charge in [0.05, 0.1) is 6.61 Å². The van der Waals surface area contributed by atoms with Crippen molar-refractivity contribution in [2.75, 3.05) is 6.61 Å². The molecule has 1 aliphatic heterocycles. The number of nitrogens with two attached hydrogens (primary N) is 1. The third-order valence-electron chi connectivity index (χ3n) is 4.80. The minimum atomic E-state index is -1.58. The van der Waals surface area contributed by atoms with Crippen molar-refractivity contribution in [3.63, 3.8) is 0 Å². The Hall–Kier alpha value is -2.85.